The van der Waals surface area contributed by atoms with Gasteiger partial charge in [0.1, 0.15) is 11.4 Å². The highest BCUT2D eigenvalue weighted by Crippen LogP contribution is 1.97. The third-order valence-corrected chi connectivity index (χ3v) is 1.17. The van der Waals surface area contributed by atoms with Gasteiger partial charge in [0.05, 0.1) is 0 Å². The maximum absolute atomic E-state index is 10.1. The molecular formula is C7H6N2O. The summed E-state index contributed by atoms with van der Waals surface area (Å²) >= 11 is 0. The molecule has 0 unspecified atom stereocenters. The minimum Gasteiger partial charge on any atom is -0.296 e. The molecule has 0 aliphatic carbocycles. The van der Waals surface area contributed by atoms with Gasteiger partial charge in [0.2, 0.25) is 0 Å². The van der Waals surface area contributed by atoms with E-state index in [0.717, 1.165) is 0 Å². The largest absolute Gasteiger partial charge is 0.296 e. The van der Waals surface area contributed by atoms with E-state index in [0.29, 0.717) is 17.7 Å². The van der Waals surface area contributed by atoms with E-state index in [2.05, 4.69) is 11.0 Å². The van der Waals surface area contributed by atoms with E-state index in [-0.39, 0.29) is 0 Å². The predicted octanol–water partition coefficient (Wildman–Crippen LogP) is 0.214. The average Bonchev–Trinajstić information content (AvgIpc) is 2.30. The molecular weight excluding hydrogens is 128 g/mol. The Morgan fingerprint density at radius 1 is 1.90 bits per heavy atom. The highest BCUT2D eigenvalue weighted by Gasteiger charge is 1.98. The van der Waals surface area contributed by atoms with Crippen molar-refractivity contribution in [2.24, 2.45) is 7.05 Å². The zero-order valence-corrected chi connectivity index (χ0v) is 5.53. The summed E-state index contributed by atoms with van der Waals surface area (Å²) in [6.07, 6.45) is 5.76. The van der Waals surface area contributed by atoms with Gasteiger partial charge >= 0.3 is 0 Å². The second-order valence-corrected chi connectivity index (χ2v) is 1.84. The zero-order valence-electron chi connectivity index (χ0n) is 5.53. The molecule has 0 atom stereocenters. The summed E-state index contributed by atoms with van der Waals surface area (Å²) in [5.41, 5.74) is 0.984. The van der Waals surface area contributed by atoms with E-state index in [9.17, 15) is 4.79 Å². The number of aryl methyl sites for hydroxylation is 1. The van der Waals surface area contributed by atoms with Crippen LogP contribution in [0.5, 0.6) is 0 Å². The summed E-state index contributed by atoms with van der Waals surface area (Å²) in [5, 5.41) is 3.81. The Morgan fingerprint density at radius 2 is 2.60 bits per heavy atom. The first-order chi connectivity index (χ1) is 4.77. The normalized spacial score (nSPS) is 8.80. The Hall–Kier alpha value is -1.56. The molecule has 0 N–H and O–H groups in total. The van der Waals surface area contributed by atoms with Gasteiger partial charge in [-0.1, -0.05) is 5.92 Å². The van der Waals surface area contributed by atoms with Gasteiger partial charge in [0.15, 0.2) is 6.29 Å². The van der Waals surface area contributed by atoms with Gasteiger partial charge in [-0.15, -0.1) is 6.42 Å². The van der Waals surface area contributed by atoms with Crippen molar-refractivity contribution in [2.45, 2.75) is 0 Å². The molecule has 0 aliphatic heterocycles. The van der Waals surface area contributed by atoms with Gasteiger partial charge in [-0.25, -0.2) is 0 Å². The zero-order chi connectivity index (χ0) is 7.56. The van der Waals surface area contributed by atoms with Crippen LogP contribution in [0.1, 0.15) is 16.2 Å². The summed E-state index contributed by atoms with van der Waals surface area (Å²) in [4.78, 5) is 10.1. The van der Waals surface area contributed by atoms with Gasteiger partial charge in [0, 0.05) is 13.1 Å². The van der Waals surface area contributed by atoms with Crippen LogP contribution in [0.25, 0.3) is 0 Å². The molecule has 0 aromatic carbocycles. The number of rotatable bonds is 1. The minimum atomic E-state index is 0.371. The second-order valence-electron chi connectivity index (χ2n) is 1.84. The maximum Gasteiger partial charge on any atom is 0.170 e. The quantitative estimate of drug-likeness (QED) is 0.406. The Balaban J connectivity index is 3.19. The standard InChI is InChI=1S/C7H6N2O/c1-3-7-4-6(5-10)8-9(7)2/h1,4-5H,2H3. The molecule has 0 fully saturated rings. The third-order valence-electron chi connectivity index (χ3n) is 1.17. The van der Waals surface area contributed by atoms with Crippen molar-refractivity contribution < 1.29 is 4.79 Å². The van der Waals surface area contributed by atoms with Crippen LogP contribution in [-0.2, 0) is 7.05 Å². The molecule has 50 valence electrons. The van der Waals surface area contributed by atoms with Gasteiger partial charge in [-0.05, 0) is 0 Å². The SMILES string of the molecule is C#Cc1cc(C=O)nn1C. The molecule has 1 aromatic rings. The smallest absolute Gasteiger partial charge is 0.170 e. The summed E-state index contributed by atoms with van der Waals surface area (Å²) in [7, 11) is 1.70. The number of carbonyl (C=O) groups is 1. The summed E-state index contributed by atoms with van der Waals surface area (Å²) in [6.45, 7) is 0. The van der Waals surface area contributed by atoms with Crippen LogP contribution in [-0.4, -0.2) is 16.1 Å². The number of hydrogen-bond acceptors (Lipinski definition) is 2. The average molecular weight is 134 g/mol. The Kier molecular flexibility index (Phi) is 1.55. The van der Waals surface area contributed by atoms with E-state index in [1.807, 2.05) is 0 Å². The van der Waals surface area contributed by atoms with Crippen LogP contribution in [0.4, 0.5) is 0 Å². The van der Waals surface area contributed by atoms with Crippen LogP contribution in [0.15, 0.2) is 6.07 Å². The van der Waals surface area contributed by atoms with Crippen molar-refractivity contribution in [1.29, 1.82) is 0 Å². The molecule has 0 radical (unpaired) electrons. The lowest BCUT2D eigenvalue weighted by atomic mass is 10.4. The molecule has 0 saturated heterocycles. The lowest BCUT2D eigenvalue weighted by Crippen LogP contribution is -1.93. The molecule has 0 bridgehead atoms. The fraction of sp³-hybridized carbons (Fsp3) is 0.143. The number of aldehydes is 1. The Morgan fingerprint density at radius 3 is 2.90 bits per heavy atom. The van der Waals surface area contributed by atoms with Crippen molar-refractivity contribution in [3.63, 3.8) is 0 Å². The molecule has 0 spiro atoms. The monoisotopic (exact) mass is 134 g/mol. The van der Waals surface area contributed by atoms with Crippen LogP contribution in [0.2, 0.25) is 0 Å². The summed E-state index contributed by atoms with van der Waals surface area (Å²) in [5.74, 6) is 2.39. The van der Waals surface area contributed by atoms with Gasteiger partial charge < -0.3 is 0 Å². The topological polar surface area (TPSA) is 34.9 Å². The molecule has 3 heteroatoms. The second kappa shape index (κ2) is 2.36. The number of hydrogen-bond donors (Lipinski definition) is 0. The lowest BCUT2D eigenvalue weighted by Gasteiger charge is -1.86. The number of terminal acetylenes is 1. The van der Waals surface area contributed by atoms with E-state index < -0.39 is 0 Å². The Labute approximate surface area is 58.7 Å². The maximum atomic E-state index is 10.1. The third kappa shape index (κ3) is 0.914. The van der Waals surface area contributed by atoms with E-state index in [1.165, 1.54) is 4.68 Å². The van der Waals surface area contributed by atoms with E-state index in [4.69, 9.17) is 6.42 Å². The van der Waals surface area contributed by atoms with Crippen LogP contribution < -0.4 is 0 Å². The number of aromatic nitrogens is 2. The van der Waals surface area contributed by atoms with Crippen molar-refractivity contribution in [3.05, 3.63) is 17.5 Å². The van der Waals surface area contributed by atoms with Crippen molar-refractivity contribution in [1.82, 2.24) is 9.78 Å². The predicted molar refractivity (Wildman–Crippen MR) is 36.5 cm³/mol. The first-order valence-electron chi connectivity index (χ1n) is 2.73. The molecule has 0 saturated carbocycles. The van der Waals surface area contributed by atoms with Crippen molar-refractivity contribution >= 4 is 6.29 Å². The number of nitrogens with zero attached hydrogens (tertiary/aromatic N) is 2. The highest BCUT2D eigenvalue weighted by atomic mass is 16.1. The molecule has 0 amide bonds. The molecule has 10 heavy (non-hydrogen) atoms. The number of carbonyl (C=O) groups excluding carboxylic acids is 1. The van der Waals surface area contributed by atoms with Crippen molar-refractivity contribution in [3.8, 4) is 12.3 Å². The van der Waals surface area contributed by atoms with Crippen molar-refractivity contribution in [2.75, 3.05) is 0 Å². The molecule has 3 nitrogen and oxygen atoms in total. The van der Waals surface area contributed by atoms with E-state index in [1.54, 1.807) is 13.1 Å². The lowest BCUT2D eigenvalue weighted by molar-refractivity contribution is 0.111. The summed E-state index contributed by atoms with van der Waals surface area (Å²) in [6, 6.07) is 1.56. The van der Waals surface area contributed by atoms with E-state index >= 15 is 0 Å². The fourth-order valence-corrected chi connectivity index (χ4v) is 0.682. The van der Waals surface area contributed by atoms with Crippen LogP contribution >= 0.6 is 0 Å². The van der Waals surface area contributed by atoms with Gasteiger partial charge in [-0.2, -0.15) is 5.10 Å². The minimum absolute atomic E-state index is 0.371. The molecule has 1 heterocycles. The molecule has 1 rings (SSSR count). The molecule has 1 aromatic heterocycles. The van der Waals surface area contributed by atoms with Gasteiger partial charge in [-0.3, -0.25) is 9.48 Å². The van der Waals surface area contributed by atoms with Crippen LogP contribution in [0, 0.1) is 12.3 Å². The fourth-order valence-electron chi connectivity index (χ4n) is 0.682. The summed E-state index contributed by atoms with van der Waals surface area (Å²) < 4.78 is 1.49. The first-order valence-corrected chi connectivity index (χ1v) is 2.73. The van der Waals surface area contributed by atoms with Crippen LogP contribution in [0.3, 0.4) is 0 Å². The molecule has 0 aliphatic rings. The Bertz CT molecular complexity index is 293. The first kappa shape index (κ1) is 6.56. The highest BCUT2D eigenvalue weighted by molar-refractivity contribution is 5.72. The van der Waals surface area contributed by atoms with Gasteiger partial charge in [0.25, 0.3) is 0 Å².